The molecular formula is C15H28N4O4S2. The molecule has 6 amide bonds. The van der Waals surface area contributed by atoms with Crippen molar-refractivity contribution >= 4 is 45.5 Å². The summed E-state index contributed by atoms with van der Waals surface area (Å²) in [5, 5.41) is 9.66. The molecule has 0 aromatic rings. The molecule has 0 saturated carbocycles. The highest BCUT2D eigenvalue weighted by Gasteiger charge is 2.08. The summed E-state index contributed by atoms with van der Waals surface area (Å²) in [5.41, 5.74) is 0. The fourth-order valence-corrected chi connectivity index (χ4v) is 3.26. The zero-order valence-corrected chi connectivity index (χ0v) is 16.4. The van der Waals surface area contributed by atoms with Crippen molar-refractivity contribution in [3.63, 3.8) is 0 Å². The van der Waals surface area contributed by atoms with Crippen molar-refractivity contribution in [2.75, 3.05) is 24.6 Å². The number of amides is 6. The van der Waals surface area contributed by atoms with Gasteiger partial charge in [-0.2, -0.15) is 0 Å². The van der Waals surface area contributed by atoms with Crippen LogP contribution in [-0.2, 0) is 9.59 Å². The van der Waals surface area contributed by atoms with Gasteiger partial charge < -0.3 is 10.6 Å². The summed E-state index contributed by atoms with van der Waals surface area (Å²) >= 11 is 0. The summed E-state index contributed by atoms with van der Waals surface area (Å²) in [6.45, 7) is 4.92. The van der Waals surface area contributed by atoms with E-state index in [1.165, 1.54) is 21.6 Å². The standard InChI is InChI=1S/C15H28N4O4S2/c1-3-5-7-12(20)18-15(23)17-9-10-24-25-11-13(21)19-14(22)16-8-6-4-2/h3-11H2,1-2H3,(H2,16,19,21,22)(H2,17,18,20,23). The maximum absolute atomic E-state index is 11.5. The van der Waals surface area contributed by atoms with Crippen molar-refractivity contribution in [3.8, 4) is 0 Å². The third kappa shape index (κ3) is 15.8. The molecule has 0 aliphatic carbocycles. The van der Waals surface area contributed by atoms with Crippen molar-refractivity contribution in [1.29, 1.82) is 0 Å². The van der Waals surface area contributed by atoms with Crippen LogP contribution in [0.15, 0.2) is 0 Å². The fourth-order valence-electron chi connectivity index (χ4n) is 1.52. The van der Waals surface area contributed by atoms with Gasteiger partial charge in [0.1, 0.15) is 0 Å². The van der Waals surface area contributed by atoms with Gasteiger partial charge in [0.2, 0.25) is 11.8 Å². The Morgan fingerprint density at radius 1 is 0.760 bits per heavy atom. The lowest BCUT2D eigenvalue weighted by molar-refractivity contribution is -0.120. The molecular weight excluding hydrogens is 364 g/mol. The number of carbonyl (C=O) groups is 4. The Morgan fingerprint density at radius 2 is 1.36 bits per heavy atom. The van der Waals surface area contributed by atoms with E-state index >= 15 is 0 Å². The summed E-state index contributed by atoms with van der Waals surface area (Å²) in [7, 11) is 2.70. The van der Waals surface area contributed by atoms with Crippen molar-refractivity contribution in [3.05, 3.63) is 0 Å². The van der Waals surface area contributed by atoms with E-state index < -0.39 is 12.1 Å². The summed E-state index contributed by atoms with van der Waals surface area (Å²) < 4.78 is 0. The molecule has 0 bridgehead atoms. The highest BCUT2D eigenvalue weighted by molar-refractivity contribution is 8.76. The molecule has 0 aliphatic rings. The smallest absolute Gasteiger partial charge is 0.321 e. The first kappa shape index (κ1) is 23.6. The average molecular weight is 393 g/mol. The minimum Gasteiger partial charge on any atom is -0.338 e. The first-order valence-electron chi connectivity index (χ1n) is 8.39. The SMILES string of the molecule is CCCCNC(=O)NC(=O)CSSCCNC(=O)NC(=O)CCCC. The molecule has 0 rings (SSSR count). The average Bonchev–Trinajstić information content (AvgIpc) is 2.56. The van der Waals surface area contributed by atoms with Gasteiger partial charge in [-0.15, -0.1) is 0 Å². The molecule has 25 heavy (non-hydrogen) atoms. The molecule has 144 valence electrons. The Hall–Kier alpha value is -1.42. The molecule has 0 saturated heterocycles. The first-order valence-corrected chi connectivity index (χ1v) is 10.9. The quantitative estimate of drug-likeness (QED) is 0.298. The molecule has 0 radical (unpaired) electrons. The Labute approximate surface area is 156 Å². The maximum Gasteiger partial charge on any atom is 0.321 e. The van der Waals surface area contributed by atoms with Crippen molar-refractivity contribution < 1.29 is 19.2 Å². The number of rotatable bonds is 12. The van der Waals surface area contributed by atoms with Gasteiger partial charge in [0.25, 0.3) is 0 Å². The van der Waals surface area contributed by atoms with Crippen molar-refractivity contribution in [2.45, 2.75) is 46.0 Å². The van der Waals surface area contributed by atoms with Crippen LogP contribution in [0.2, 0.25) is 0 Å². The predicted octanol–water partition coefficient (Wildman–Crippen LogP) is 2.01. The molecule has 10 heteroatoms. The van der Waals surface area contributed by atoms with E-state index in [-0.39, 0.29) is 17.6 Å². The van der Waals surface area contributed by atoms with Crippen LogP contribution >= 0.6 is 21.6 Å². The molecule has 0 atom stereocenters. The number of hydrogen-bond donors (Lipinski definition) is 4. The second kappa shape index (κ2) is 16.1. The van der Waals surface area contributed by atoms with Crippen LogP contribution in [0.25, 0.3) is 0 Å². The summed E-state index contributed by atoms with van der Waals surface area (Å²) in [5.74, 6) is 0.0825. The van der Waals surface area contributed by atoms with Gasteiger partial charge in [-0.3, -0.25) is 20.2 Å². The Balaban J connectivity index is 3.56. The fraction of sp³-hybridized carbons (Fsp3) is 0.733. The second-order valence-corrected chi connectivity index (χ2v) is 7.73. The van der Waals surface area contributed by atoms with Gasteiger partial charge in [-0.05, 0) is 12.8 Å². The van der Waals surface area contributed by atoms with Gasteiger partial charge in [0, 0.05) is 25.3 Å². The van der Waals surface area contributed by atoms with Gasteiger partial charge >= 0.3 is 12.1 Å². The first-order chi connectivity index (χ1) is 12.0. The molecule has 4 N–H and O–H groups in total. The normalized spacial score (nSPS) is 10.0. The largest absolute Gasteiger partial charge is 0.338 e. The van der Waals surface area contributed by atoms with Gasteiger partial charge in [0.15, 0.2) is 0 Å². The van der Waals surface area contributed by atoms with E-state index in [0.29, 0.717) is 25.3 Å². The van der Waals surface area contributed by atoms with Gasteiger partial charge in [-0.1, -0.05) is 48.3 Å². The topological polar surface area (TPSA) is 116 Å². The molecule has 0 spiro atoms. The molecule has 0 aromatic carbocycles. The molecule has 0 fully saturated rings. The predicted molar refractivity (Wildman–Crippen MR) is 102 cm³/mol. The number of hydrogen-bond acceptors (Lipinski definition) is 6. The van der Waals surface area contributed by atoms with Crippen LogP contribution in [0.5, 0.6) is 0 Å². The van der Waals surface area contributed by atoms with Crippen LogP contribution in [-0.4, -0.2) is 48.5 Å². The molecule has 0 unspecified atom stereocenters. The molecule has 8 nitrogen and oxygen atoms in total. The number of imide groups is 2. The minimum atomic E-state index is -0.506. The minimum absolute atomic E-state index is 0.146. The van der Waals surface area contributed by atoms with Crippen LogP contribution < -0.4 is 21.3 Å². The van der Waals surface area contributed by atoms with Crippen molar-refractivity contribution in [1.82, 2.24) is 21.3 Å². The number of unbranched alkanes of at least 4 members (excludes halogenated alkanes) is 2. The lowest BCUT2D eigenvalue weighted by Crippen LogP contribution is -2.40. The molecule has 0 aliphatic heterocycles. The number of urea groups is 2. The number of nitrogens with one attached hydrogen (secondary N) is 4. The zero-order valence-electron chi connectivity index (χ0n) is 14.8. The lowest BCUT2D eigenvalue weighted by atomic mass is 10.2. The van der Waals surface area contributed by atoms with E-state index in [1.807, 2.05) is 13.8 Å². The summed E-state index contributed by atoms with van der Waals surface area (Å²) in [4.78, 5) is 45.6. The van der Waals surface area contributed by atoms with Gasteiger partial charge in [0.05, 0.1) is 5.75 Å². The highest BCUT2D eigenvalue weighted by Crippen LogP contribution is 2.19. The summed E-state index contributed by atoms with van der Waals surface area (Å²) in [6.07, 6.45) is 3.84. The van der Waals surface area contributed by atoms with E-state index in [4.69, 9.17) is 0 Å². The van der Waals surface area contributed by atoms with E-state index in [9.17, 15) is 19.2 Å². The maximum atomic E-state index is 11.5. The van der Waals surface area contributed by atoms with Crippen LogP contribution in [0, 0.1) is 0 Å². The Morgan fingerprint density at radius 3 is 2.00 bits per heavy atom. The van der Waals surface area contributed by atoms with Crippen LogP contribution in [0.1, 0.15) is 46.0 Å². The van der Waals surface area contributed by atoms with E-state index in [1.54, 1.807) is 0 Å². The Kier molecular flexibility index (Phi) is 15.2. The lowest BCUT2D eigenvalue weighted by Gasteiger charge is -2.07. The van der Waals surface area contributed by atoms with Crippen molar-refractivity contribution in [2.24, 2.45) is 0 Å². The van der Waals surface area contributed by atoms with Gasteiger partial charge in [-0.25, -0.2) is 9.59 Å². The second-order valence-electron chi connectivity index (χ2n) is 5.15. The van der Waals surface area contributed by atoms with E-state index in [0.717, 1.165) is 25.7 Å². The summed E-state index contributed by atoms with van der Waals surface area (Å²) in [6, 6.07) is -0.983. The Bertz CT molecular complexity index is 436. The zero-order chi connectivity index (χ0) is 18.9. The monoisotopic (exact) mass is 392 g/mol. The molecule has 0 aromatic heterocycles. The molecule has 0 heterocycles. The number of carbonyl (C=O) groups excluding carboxylic acids is 4. The highest BCUT2D eigenvalue weighted by atomic mass is 33.1. The third-order valence-corrected chi connectivity index (χ3v) is 5.09. The van der Waals surface area contributed by atoms with Crippen LogP contribution in [0.3, 0.4) is 0 Å². The third-order valence-electron chi connectivity index (χ3n) is 2.82. The van der Waals surface area contributed by atoms with E-state index in [2.05, 4.69) is 21.3 Å². The van der Waals surface area contributed by atoms with Crippen LogP contribution in [0.4, 0.5) is 9.59 Å².